The average Bonchev–Trinajstić information content (AvgIpc) is 2.47. The Hall–Kier alpha value is -2.04. The molecule has 26 heavy (non-hydrogen) atoms. The Bertz CT molecular complexity index is 706. The molecular formula is C21H29FO4. The second-order valence-corrected chi connectivity index (χ2v) is 8.60. The zero-order valence-electron chi connectivity index (χ0n) is 16.8. The maximum absolute atomic E-state index is 14.4. The van der Waals surface area contributed by atoms with Gasteiger partial charge < -0.3 is 4.74 Å². The Morgan fingerprint density at radius 2 is 1.58 bits per heavy atom. The number of Topliss-reactive ketones (excluding diaryl/α,β-unsaturated/α-hetero) is 2. The summed E-state index contributed by atoms with van der Waals surface area (Å²) in [7, 11) is 0. The molecule has 0 aliphatic rings. The fraction of sp³-hybridized carbons (Fsp3) is 0.571. The van der Waals surface area contributed by atoms with E-state index < -0.39 is 22.6 Å². The van der Waals surface area contributed by atoms with Crippen LogP contribution in [0.2, 0.25) is 0 Å². The minimum atomic E-state index is -0.779. The van der Waals surface area contributed by atoms with E-state index in [0.29, 0.717) is 12.0 Å². The summed E-state index contributed by atoms with van der Waals surface area (Å²) in [6.45, 7) is 12.2. The molecule has 0 amide bonds. The third-order valence-corrected chi connectivity index (χ3v) is 3.93. The zero-order chi connectivity index (χ0) is 20.3. The Balaban J connectivity index is 3.38. The van der Waals surface area contributed by atoms with E-state index in [1.807, 2.05) is 6.92 Å². The summed E-state index contributed by atoms with van der Waals surface area (Å²) in [6, 6.07) is 2.39. The van der Waals surface area contributed by atoms with E-state index in [0.717, 1.165) is 6.07 Å². The van der Waals surface area contributed by atoms with Crippen molar-refractivity contribution in [1.82, 2.24) is 0 Å². The maximum atomic E-state index is 14.4. The van der Waals surface area contributed by atoms with Gasteiger partial charge in [0.25, 0.3) is 0 Å². The summed E-state index contributed by atoms with van der Waals surface area (Å²) in [6.07, 6.45) is 0.767. The van der Waals surface area contributed by atoms with Crippen molar-refractivity contribution in [2.24, 2.45) is 10.8 Å². The highest BCUT2D eigenvalue weighted by molar-refractivity contribution is 5.97. The SMILES string of the molecule is CCCC(=O)c1cc(CC(=O)C(C)(C)C)c(OC(=O)C(C)(C)C)cc1F. The standard InChI is InChI=1S/C21H29FO4/c1-8-9-16(23)14-10-13(11-18(24)20(2,3)4)17(12-15(14)22)26-19(25)21(5,6)7/h10,12H,8-9,11H2,1-7H3. The largest absolute Gasteiger partial charge is 0.426 e. The van der Waals surface area contributed by atoms with Gasteiger partial charge in [0.15, 0.2) is 5.78 Å². The Labute approximate surface area is 155 Å². The van der Waals surface area contributed by atoms with Crippen LogP contribution in [-0.4, -0.2) is 17.5 Å². The smallest absolute Gasteiger partial charge is 0.316 e. The second kappa shape index (κ2) is 8.11. The number of ketones is 2. The molecule has 0 aliphatic carbocycles. The summed E-state index contributed by atoms with van der Waals surface area (Å²) < 4.78 is 19.8. The van der Waals surface area contributed by atoms with Gasteiger partial charge in [-0.15, -0.1) is 0 Å². The van der Waals surface area contributed by atoms with Crippen LogP contribution in [0.5, 0.6) is 5.75 Å². The molecule has 0 saturated heterocycles. The lowest BCUT2D eigenvalue weighted by Crippen LogP contribution is -2.27. The first-order valence-electron chi connectivity index (χ1n) is 8.88. The molecule has 0 N–H and O–H groups in total. The third-order valence-electron chi connectivity index (χ3n) is 3.93. The normalized spacial score (nSPS) is 12.0. The predicted molar refractivity (Wildman–Crippen MR) is 98.9 cm³/mol. The first-order chi connectivity index (χ1) is 11.8. The van der Waals surface area contributed by atoms with Crippen molar-refractivity contribution in [3.8, 4) is 5.75 Å². The van der Waals surface area contributed by atoms with E-state index in [1.54, 1.807) is 41.5 Å². The molecule has 144 valence electrons. The first kappa shape index (κ1) is 22.0. The second-order valence-electron chi connectivity index (χ2n) is 8.60. The number of carbonyl (C=O) groups is 3. The zero-order valence-corrected chi connectivity index (χ0v) is 16.8. The summed E-state index contributed by atoms with van der Waals surface area (Å²) in [5, 5.41) is 0. The molecule has 0 radical (unpaired) electrons. The maximum Gasteiger partial charge on any atom is 0.316 e. The topological polar surface area (TPSA) is 60.4 Å². The summed E-state index contributed by atoms with van der Waals surface area (Å²) >= 11 is 0. The molecule has 0 atom stereocenters. The van der Waals surface area contributed by atoms with Gasteiger partial charge in [-0.2, -0.15) is 0 Å². The lowest BCUT2D eigenvalue weighted by Gasteiger charge is -2.21. The number of ether oxygens (including phenoxy) is 1. The molecule has 1 rings (SSSR count). The van der Waals surface area contributed by atoms with E-state index in [9.17, 15) is 18.8 Å². The Morgan fingerprint density at radius 3 is 2.04 bits per heavy atom. The summed E-state index contributed by atoms with van der Waals surface area (Å²) in [5.41, 5.74) is -1.10. The number of carbonyl (C=O) groups excluding carboxylic acids is 3. The fourth-order valence-electron chi connectivity index (χ4n) is 2.10. The van der Waals surface area contributed by atoms with Crippen molar-refractivity contribution in [3.63, 3.8) is 0 Å². The highest BCUT2D eigenvalue weighted by atomic mass is 19.1. The van der Waals surface area contributed by atoms with Gasteiger partial charge in [0.2, 0.25) is 0 Å². The first-order valence-corrected chi connectivity index (χ1v) is 8.88. The molecule has 1 aromatic carbocycles. The van der Waals surface area contributed by atoms with Gasteiger partial charge in [0.05, 0.1) is 11.0 Å². The molecule has 0 bridgehead atoms. The van der Waals surface area contributed by atoms with Crippen LogP contribution in [0.1, 0.15) is 77.2 Å². The Kier molecular flexibility index (Phi) is 6.86. The summed E-state index contributed by atoms with van der Waals surface area (Å²) in [5.74, 6) is -1.71. The number of hydrogen-bond donors (Lipinski definition) is 0. The van der Waals surface area contributed by atoms with Crippen LogP contribution in [0.4, 0.5) is 4.39 Å². The molecule has 4 nitrogen and oxygen atoms in total. The molecule has 0 spiro atoms. The molecular weight excluding hydrogens is 335 g/mol. The molecule has 0 heterocycles. The molecule has 0 unspecified atom stereocenters. The van der Waals surface area contributed by atoms with Crippen LogP contribution >= 0.6 is 0 Å². The third kappa shape index (κ3) is 5.75. The number of rotatable bonds is 6. The Morgan fingerprint density at radius 1 is 1.00 bits per heavy atom. The minimum Gasteiger partial charge on any atom is -0.426 e. The minimum absolute atomic E-state index is 0.00641. The quantitative estimate of drug-likeness (QED) is 0.408. The number of halogens is 1. The van der Waals surface area contributed by atoms with Crippen molar-refractivity contribution in [2.75, 3.05) is 0 Å². The summed E-state index contributed by atoms with van der Waals surface area (Å²) in [4.78, 5) is 36.8. The van der Waals surface area contributed by atoms with E-state index in [2.05, 4.69) is 0 Å². The average molecular weight is 364 g/mol. The molecule has 0 aromatic heterocycles. The van der Waals surface area contributed by atoms with Gasteiger partial charge in [-0.1, -0.05) is 27.7 Å². The van der Waals surface area contributed by atoms with Gasteiger partial charge in [0, 0.05) is 29.9 Å². The molecule has 0 aliphatic heterocycles. The van der Waals surface area contributed by atoms with Crippen molar-refractivity contribution in [3.05, 3.63) is 29.1 Å². The van der Waals surface area contributed by atoms with Crippen molar-refractivity contribution in [1.29, 1.82) is 0 Å². The predicted octanol–water partition coefficient (Wildman–Crippen LogP) is 4.92. The number of benzene rings is 1. The number of hydrogen-bond acceptors (Lipinski definition) is 4. The molecule has 1 aromatic rings. The van der Waals surface area contributed by atoms with Crippen LogP contribution in [0.3, 0.4) is 0 Å². The lowest BCUT2D eigenvalue weighted by molar-refractivity contribution is -0.143. The highest BCUT2D eigenvalue weighted by Crippen LogP contribution is 2.29. The molecule has 5 heteroatoms. The van der Waals surface area contributed by atoms with Crippen LogP contribution < -0.4 is 4.74 Å². The van der Waals surface area contributed by atoms with Crippen molar-refractivity contribution in [2.45, 2.75) is 67.7 Å². The van der Waals surface area contributed by atoms with Gasteiger partial charge in [-0.3, -0.25) is 14.4 Å². The molecule has 0 fully saturated rings. The number of esters is 1. The van der Waals surface area contributed by atoms with Gasteiger partial charge in [-0.25, -0.2) is 4.39 Å². The monoisotopic (exact) mass is 364 g/mol. The fourth-order valence-corrected chi connectivity index (χ4v) is 2.10. The van der Waals surface area contributed by atoms with Gasteiger partial charge in [0.1, 0.15) is 17.3 Å². The van der Waals surface area contributed by atoms with Crippen LogP contribution in [0, 0.1) is 16.6 Å². The lowest BCUT2D eigenvalue weighted by atomic mass is 9.86. The van der Waals surface area contributed by atoms with Crippen LogP contribution in [0.25, 0.3) is 0 Å². The van der Waals surface area contributed by atoms with E-state index in [4.69, 9.17) is 4.74 Å². The molecule has 0 saturated carbocycles. The highest BCUT2D eigenvalue weighted by Gasteiger charge is 2.28. The van der Waals surface area contributed by atoms with E-state index in [1.165, 1.54) is 6.07 Å². The van der Waals surface area contributed by atoms with Gasteiger partial charge in [-0.05, 0) is 33.3 Å². The van der Waals surface area contributed by atoms with Crippen LogP contribution in [0.15, 0.2) is 12.1 Å². The van der Waals surface area contributed by atoms with E-state index in [-0.39, 0.29) is 35.7 Å². The van der Waals surface area contributed by atoms with Crippen molar-refractivity contribution >= 4 is 17.5 Å². The van der Waals surface area contributed by atoms with E-state index >= 15 is 0 Å². The van der Waals surface area contributed by atoms with Crippen molar-refractivity contribution < 1.29 is 23.5 Å². The van der Waals surface area contributed by atoms with Crippen LogP contribution in [-0.2, 0) is 16.0 Å². The van der Waals surface area contributed by atoms with Gasteiger partial charge >= 0.3 is 5.97 Å².